The molecule has 1 aromatic heterocycles. The Morgan fingerprint density at radius 3 is 3.00 bits per heavy atom. The summed E-state index contributed by atoms with van der Waals surface area (Å²) in [4.78, 5) is 19.6. The first-order chi connectivity index (χ1) is 7.66. The van der Waals surface area contributed by atoms with Crippen molar-refractivity contribution in [3.63, 3.8) is 0 Å². The SMILES string of the molecule is CC1CNCC1C(=O)Nc1cc(Cl)ncn1. The molecule has 0 spiro atoms. The Morgan fingerprint density at radius 1 is 1.56 bits per heavy atom. The van der Waals surface area contributed by atoms with Gasteiger partial charge in [0.05, 0.1) is 5.92 Å². The zero-order chi connectivity index (χ0) is 11.5. The Morgan fingerprint density at radius 2 is 2.38 bits per heavy atom. The van der Waals surface area contributed by atoms with Crippen molar-refractivity contribution in [2.45, 2.75) is 6.92 Å². The van der Waals surface area contributed by atoms with E-state index >= 15 is 0 Å². The van der Waals surface area contributed by atoms with E-state index in [1.807, 2.05) is 0 Å². The van der Waals surface area contributed by atoms with Crippen LogP contribution < -0.4 is 10.6 Å². The molecule has 2 N–H and O–H groups in total. The number of hydrogen-bond donors (Lipinski definition) is 2. The third kappa shape index (κ3) is 2.48. The minimum absolute atomic E-state index is 0.00580. The van der Waals surface area contributed by atoms with Crippen LogP contribution in [0.25, 0.3) is 0 Å². The number of rotatable bonds is 2. The molecule has 1 aliphatic heterocycles. The minimum atomic E-state index is -0.0210. The molecule has 16 heavy (non-hydrogen) atoms. The van der Waals surface area contributed by atoms with E-state index in [0.29, 0.717) is 23.4 Å². The molecule has 0 bridgehead atoms. The molecular weight excluding hydrogens is 228 g/mol. The summed E-state index contributed by atoms with van der Waals surface area (Å²) in [5.41, 5.74) is 0. The van der Waals surface area contributed by atoms with Crippen molar-refractivity contribution in [2.24, 2.45) is 11.8 Å². The predicted molar refractivity (Wildman–Crippen MR) is 61.2 cm³/mol. The number of amides is 1. The van der Waals surface area contributed by atoms with Crippen LogP contribution in [0, 0.1) is 11.8 Å². The third-order valence-corrected chi connectivity index (χ3v) is 2.95. The maximum atomic E-state index is 11.9. The maximum absolute atomic E-state index is 11.9. The molecule has 0 aromatic carbocycles. The average Bonchev–Trinajstić information content (AvgIpc) is 2.64. The van der Waals surface area contributed by atoms with Crippen molar-refractivity contribution in [1.82, 2.24) is 15.3 Å². The van der Waals surface area contributed by atoms with Gasteiger partial charge in [-0.05, 0) is 12.5 Å². The molecule has 5 nitrogen and oxygen atoms in total. The molecule has 2 rings (SSSR count). The number of carbonyl (C=O) groups excluding carboxylic acids is 1. The van der Waals surface area contributed by atoms with Gasteiger partial charge >= 0.3 is 0 Å². The highest BCUT2D eigenvalue weighted by atomic mass is 35.5. The summed E-state index contributed by atoms with van der Waals surface area (Å²) in [5, 5.41) is 6.24. The Kier molecular flexibility index (Phi) is 3.36. The maximum Gasteiger partial charge on any atom is 0.230 e. The molecule has 86 valence electrons. The zero-order valence-electron chi connectivity index (χ0n) is 8.90. The van der Waals surface area contributed by atoms with Crippen LogP contribution in [0.3, 0.4) is 0 Å². The topological polar surface area (TPSA) is 66.9 Å². The lowest BCUT2D eigenvalue weighted by atomic mass is 9.97. The number of aromatic nitrogens is 2. The second kappa shape index (κ2) is 4.76. The fourth-order valence-corrected chi connectivity index (χ4v) is 1.93. The highest BCUT2D eigenvalue weighted by Gasteiger charge is 2.29. The molecule has 1 saturated heterocycles. The first-order valence-corrected chi connectivity index (χ1v) is 5.53. The highest BCUT2D eigenvalue weighted by molar-refractivity contribution is 6.29. The van der Waals surface area contributed by atoms with Gasteiger partial charge in [-0.2, -0.15) is 0 Å². The Balaban J connectivity index is 2.02. The fraction of sp³-hybridized carbons (Fsp3) is 0.500. The number of nitrogens with zero attached hydrogens (tertiary/aromatic N) is 2. The van der Waals surface area contributed by atoms with Gasteiger partial charge in [0.1, 0.15) is 17.3 Å². The lowest BCUT2D eigenvalue weighted by molar-refractivity contribution is -0.120. The molecular formula is C10H13ClN4O. The summed E-state index contributed by atoms with van der Waals surface area (Å²) in [6, 6.07) is 1.53. The van der Waals surface area contributed by atoms with E-state index in [9.17, 15) is 4.79 Å². The van der Waals surface area contributed by atoms with E-state index in [1.165, 1.54) is 12.4 Å². The summed E-state index contributed by atoms with van der Waals surface area (Å²) in [7, 11) is 0. The monoisotopic (exact) mass is 240 g/mol. The van der Waals surface area contributed by atoms with Gasteiger partial charge in [0.25, 0.3) is 0 Å². The molecule has 1 aromatic rings. The smallest absolute Gasteiger partial charge is 0.230 e. The van der Waals surface area contributed by atoms with Crippen LogP contribution in [-0.4, -0.2) is 29.0 Å². The van der Waals surface area contributed by atoms with Crippen LogP contribution in [0.15, 0.2) is 12.4 Å². The average molecular weight is 241 g/mol. The molecule has 2 heterocycles. The van der Waals surface area contributed by atoms with Crippen LogP contribution in [0.5, 0.6) is 0 Å². The largest absolute Gasteiger partial charge is 0.316 e. The Hall–Kier alpha value is -1.20. The first kappa shape index (κ1) is 11.3. The molecule has 2 unspecified atom stereocenters. The van der Waals surface area contributed by atoms with Gasteiger partial charge in [-0.15, -0.1) is 0 Å². The number of carbonyl (C=O) groups is 1. The van der Waals surface area contributed by atoms with E-state index in [0.717, 1.165) is 6.54 Å². The van der Waals surface area contributed by atoms with E-state index in [4.69, 9.17) is 11.6 Å². The molecule has 1 amide bonds. The zero-order valence-corrected chi connectivity index (χ0v) is 9.66. The first-order valence-electron chi connectivity index (χ1n) is 5.16. The second-order valence-corrected chi connectivity index (χ2v) is 4.34. The van der Waals surface area contributed by atoms with Crippen molar-refractivity contribution >= 4 is 23.3 Å². The van der Waals surface area contributed by atoms with Crippen molar-refractivity contribution in [3.05, 3.63) is 17.5 Å². The molecule has 0 saturated carbocycles. The number of hydrogen-bond acceptors (Lipinski definition) is 4. The minimum Gasteiger partial charge on any atom is -0.316 e. The second-order valence-electron chi connectivity index (χ2n) is 3.96. The van der Waals surface area contributed by atoms with Crippen molar-refractivity contribution in [1.29, 1.82) is 0 Å². The fourth-order valence-electron chi connectivity index (χ4n) is 1.78. The lowest BCUT2D eigenvalue weighted by Gasteiger charge is -2.13. The molecule has 1 aliphatic rings. The molecule has 6 heteroatoms. The van der Waals surface area contributed by atoms with Crippen LogP contribution in [0.2, 0.25) is 5.15 Å². The van der Waals surface area contributed by atoms with Gasteiger partial charge in [-0.1, -0.05) is 18.5 Å². The summed E-state index contributed by atoms with van der Waals surface area (Å²) in [6.07, 6.45) is 1.33. The highest BCUT2D eigenvalue weighted by Crippen LogP contribution is 2.18. The summed E-state index contributed by atoms with van der Waals surface area (Å²) in [5.74, 6) is 0.766. The van der Waals surface area contributed by atoms with Gasteiger partial charge in [-0.25, -0.2) is 9.97 Å². The molecule has 1 fully saturated rings. The van der Waals surface area contributed by atoms with Gasteiger partial charge in [-0.3, -0.25) is 4.79 Å². The van der Waals surface area contributed by atoms with Gasteiger partial charge in [0, 0.05) is 12.6 Å². The summed E-state index contributed by atoms with van der Waals surface area (Å²) in [6.45, 7) is 3.64. The van der Waals surface area contributed by atoms with Crippen molar-refractivity contribution < 1.29 is 4.79 Å². The summed E-state index contributed by atoms with van der Waals surface area (Å²) < 4.78 is 0. The van der Waals surface area contributed by atoms with E-state index < -0.39 is 0 Å². The quantitative estimate of drug-likeness (QED) is 0.755. The number of nitrogens with one attached hydrogen (secondary N) is 2. The van der Waals surface area contributed by atoms with Gasteiger partial charge in [0.15, 0.2) is 0 Å². The van der Waals surface area contributed by atoms with E-state index in [2.05, 4.69) is 27.5 Å². The number of anilines is 1. The van der Waals surface area contributed by atoms with E-state index in [-0.39, 0.29) is 11.8 Å². The Bertz CT molecular complexity index is 398. The van der Waals surface area contributed by atoms with Gasteiger partial charge in [0.2, 0.25) is 5.91 Å². The van der Waals surface area contributed by atoms with Crippen LogP contribution in [0.4, 0.5) is 5.82 Å². The lowest BCUT2D eigenvalue weighted by Crippen LogP contribution is -2.28. The molecule has 0 radical (unpaired) electrons. The number of halogens is 1. The van der Waals surface area contributed by atoms with Gasteiger partial charge < -0.3 is 10.6 Å². The van der Waals surface area contributed by atoms with Crippen LogP contribution in [-0.2, 0) is 4.79 Å². The molecule has 2 atom stereocenters. The predicted octanol–water partition coefficient (Wildman–Crippen LogP) is 0.924. The summed E-state index contributed by atoms with van der Waals surface area (Å²) >= 11 is 5.70. The van der Waals surface area contributed by atoms with Crippen LogP contribution in [0.1, 0.15) is 6.92 Å². The van der Waals surface area contributed by atoms with E-state index in [1.54, 1.807) is 0 Å². The van der Waals surface area contributed by atoms with Crippen LogP contribution >= 0.6 is 11.6 Å². The Labute approximate surface area is 98.6 Å². The normalized spacial score (nSPS) is 24.4. The third-order valence-electron chi connectivity index (χ3n) is 2.74. The standard InChI is InChI=1S/C10H13ClN4O/c1-6-3-12-4-7(6)10(16)15-9-2-8(11)13-5-14-9/h2,5-7,12H,3-4H2,1H3,(H,13,14,15,16). The van der Waals surface area contributed by atoms with Crippen molar-refractivity contribution in [3.8, 4) is 0 Å². The molecule has 0 aliphatic carbocycles. The van der Waals surface area contributed by atoms with Crippen molar-refractivity contribution in [2.75, 3.05) is 18.4 Å².